The minimum absolute atomic E-state index is 0. The number of halogens is 4. The van der Waals surface area contributed by atoms with Crippen molar-refractivity contribution in [3.63, 3.8) is 0 Å². The van der Waals surface area contributed by atoms with E-state index in [9.17, 15) is 17.6 Å². The molecule has 0 spiro atoms. The summed E-state index contributed by atoms with van der Waals surface area (Å²) in [5.74, 6) is -0.891. The van der Waals surface area contributed by atoms with E-state index < -0.39 is 18.6 Å². The van der Waals surface area contributed by atoms with Crippen LogP contribution in [-0.2, 0) is 0 Å². The van der Waals surface area contributed by atoms with E-state index in [2.05, 4.69) is 6.92 Å². The molecular formula is C16H26F4O. The van der Waals surface area contributed by atoms with E-state index in [1.54, 1.807) is 13.0 Å². The molecule has 1 aliphatic carbocycles. The number of benzene rings is 1. The highest BCUT2D eigenvalue weighted by Crippen LogP contribution is 2.29. The standard InChI is InChI=1S/C14H18F2O.CH2F2.CH4.H2/c1-9-3-6-11(7-4-9)17-12-8-5-10(2)13(15)14(12)16;2-1-3;;/h5,8-9,11H,3-4,6-7H2,1-2H3;1H2;1H4;1H. The molecule has 0 radical (unpaired) electrons. The molecule has 0 saturated heterocycles. The smallest absolute Gasteiger partial charge is 0.229 e. The fourth-order valence-electron chi connectivity index (χ4n) is 2.25. The summed E-state index contributed by atoms with van der Waals surface area (Å²) >= 11 is 0. The maximum atomic E-state index is 13.6. The number of aryl methyl sites for hydroxylation is 1. The molecular weight excluding hydrogens is 284 g/mol. The third-order valence-corrected chi connectivity index (χ3v) is 3.50. The van der Waals surface area contributed by atoms with Crippen LogP contribution in [0.25, 0.3) is 0 Å². The van der Waals surface area contributed by atoms with Crippen molar-refractivity contribution in [1.82, 2.24) is 0 Å². The monoisotopic (exact) mass is 310 g/mol. The van der Waals surface area contributed by atoms with Gasteiger partial charge in [-0.2, -0.15) is 4.39 Å². The van der Waals surface area contributed by atoms with Gasteiger partial charge in [0.1, 0.15) is 0 Å². The molecule has 0 aromatic heterocycles. The predicted octanol–water partition coefficient (Wildman–Crippen LogP) is 6.00. The van der Waals surface area contributed by atoms with Crippen LogP contribution in [0.2, 0.25) is 0 Å². The molecule has 0 unspecified atom stereocenters. The van der Waals surface area contributed by atoms with Gasteiger partial charge < -0.3 is 4.74 Å². The Hall–Kier alpha value is -1.26. The Morgan fingerprint density at radius 2 is 1.62 bits per heavy atom. The molecule has 0 atom stereocenters. The van der Waals surface area contributed by atoms with E-state index in [4.69, 9.17) is 4.74 Å². The maximum Gasteiger partial charge on any atom is 0.229 e. The van der Waals surface area contributed by atoms with Gasteiger partial charge in [0, 0.05) is 1.43 Å². The highest BCUT2D eigenvalue weighted by Gasteiger charge is 2.21. The molecule has 1 aliphatic rings. The van der Waals surface area contributed by atoms with Crippen molar-refractivity contribution in [2.24, 2.45) is 5.92 Å². The van der Waals surface area contributed by atoms with Gasteiger partial charge in [0.25, 0.3) is 0 Å². The van der Waals surface area contributed by atoms with Gasteiger partial charge in [-0.05, 0) is 50.2 Å². The normalized spacial score (nSPS) is 20.9. The van der Waals surface area contributed by atoms with E-state index in [-0.39, 0.29) is 20.7 Å². The van der Waals surface area contributed by atoms with Gasteiger partial charge in [-0.1, -0.05) is 20.4 Å². The predicted molar refractivity (Wildman–Crippen MR) is 79.1 cm³/mol. The SMILES string of the molecule is C.Cc1ccc(OC2CCC(C)CC2)c(F)c1F.FCF.[HH]. The van der Waals surface area contributed by atoms with Crippen LogP contribution in [0.4, 0.5) is 17.6 Å². The topological polar surface area (TPSA) is 9.23 Å². The van der Waals surface area contributed by atoms with Gasteiger partial charge in [0.05, 0.1) is 6.10 Å². The molecule has 0 amide bonds. The van der Waals surface area contributed by atoms with Gasteiger partial charge in [0.2, 0.25) is 12.7 Å². The molecule has 1 fully saturated rings. The molecule has 1 aromatic carbocycles. The van der Waals surface area contributed by atoms with Crippen LogP contribution in [-0.4, -0.2) is 13.0 Å². The minimum atomic E-state index is -1.75. The Balaban J connectivity index is 0. The molecule has 0 N–H and O–H groups in total. The number of rotatable bonds is 2. The molecule has 5 heteroatoms. The summed E-state index contributed by atoms with van der Waals surface area (Å²) in [5, 5.41) is 0. The van der Waals surface area contributed by atoms with E-state index in [1.165, 1.54) is 6.07 Å². The first-order valence-corrected chi connectivity index (χ1v) is 6.72. The fraction of sp³-hybridized carbons (Fsp3) is 0.625. The van der Waals surface area contributed by atoms with Crippen molar-refractivity contribution < 1.29 is 23.7 Å². The second kappa shape index (κ2) is 9.64. The number of hydrogen-bond acceptors (Lipinski definition) is 1. The Morgan fingerprint density at radius 1 is 1.10 bits per heavy atom. The summed E-state index contributed by atoms with van der Waals surface area (Å²) in [6.07, 6.45) is 4.08. The van der Waals surface area contributed by atoms with E-state index in [1.807, 2.05) is 0 Å². The molecule has 124 valence electrons. The Labute approximate surface area is 125 Å². The van der Waals surface area contributed by atoms with Gasteiger partial charge in [0.15, 0.2) is 11.6 Å². The maximum absolute atomic E-state index is 13.6. The number of hydrogen-bond donors (Lipinski definition) is 0. The third-order valence-electron chi connectivity index (χ3n) is 3.50. The van der Waals surface area contributed by atoms with Crippen molar-refractivity contribution in [2.45, 2.75) is 53.1 Å². The highest BCUT2D eigenvalue weighted by molar-refractivity contribution is 5.30. The molecule has 0 bridgehead atoms. The lowest BCUT2D eigenvalue weighted by Gasteiger charge is -2.27. The molecule has 21 heavy (non-hydrogen) atoms. The minimum Gasteiger partial charge on any atom is -0.487 e. The van der Waals surface area contributed by atoms with Crippen molar-refractivity contribution in [3.05, 3.63) is 29.3 Å². The van der Waals surface area contributed by atoms with Crippen molar-refractivity contribution in [3.8, 4) is 5.75 Å². The quantitative estimate of drug-likeness (QED) is 0.609. The second-order valence-corrected chi connectivity index (χ2v) is 5.11. The average molecular weight is 310 g/mol. The number of alkyl halides is 2. The number of ether oxygens (including phenoxy) is 1. The van der Waals surface area contributed by atoms with Crippen LogP contribution in [0.15, 0.2) is 12.1 Å². The Bertz CT molecular complexity index is 421. The zero-order valence-electron chi connectivity index (χ0n) is 11.8. The zero-order valence-corrected chi connectivity index (χ0v) is 11.8. The van der Waals surface area contributed by atoms with E-state index >= 15 is 0 Å². The van der Waals surface area contributed by atoms with Crippen LogP contribution in [0.3, 0.4) is 0 Å². The van der Waals surface area contributed by atoms with Crippen molar-refractivity contribution >= 4 is 0 Å². The summed E-state index contributed by atoms with van der Waals surface area (Å²) in [4.78, 5) is 0. The van der Waals surface area contributed by atoms with Crippen LogP contribution >= 0.6 is 0 Å². The summed E-state index contributed by atoms with van der Waals surface area (Å²) in [5.41, 5.74) is 0.312. The lowest BCUT2D eigenvalue weighted by molar-refractivity contribution is 0.129. The zero-order chi connectivity index (χ0) is 15.1. The molecule has 0 aliphatic heterocycles. The fourth-order valence-corrected chi connectivity index (χ4v) is 2.25. The summed E-state index contributed by atoms with van der Waals surface area (Å²) < 4.78 is 51.8. The lowest BCUT2D eigenvalue weighted by Crippen LogP contribution is -2.23. The highest BCUT2D eigenvalue weighted by atomic mass is 19.3. The van der Waals surface area contributed by atoms with Crippen molar-refractivity contribution in [1.29, 1.82) is 0 Å². The molecule has 1 saturated carbocycles. The van der Waals surface area contributed by atoms with Crippen molar-refractivity contribution in [2.75, 3.05) is 6.93 Å². The van der Waals surface area contributed by atoms with Crippen LogP contribution < -0.4 is 4.74 Å². The lowest BCUT2D eigenvalue weighted by atomic mass is 9.89. The van der Waals surface area contributed by atoms with Gasteiger partial charge >= 0.3 is 0 Å². The summed E-state index contributed by atoms with van der Waals surface area (Å²) in [6, 6.07) is 3.07. The first-order chi connectivity index (χ1) is 9.49. The third kappa shape index (κ3) is 5.94. The summed E-state index contributed by atoms with van der Waals surface area (Å²) in [6.45, 7) is 2.01. The largest absolute Gasteiger partial charge is 0.487 e. The van der Waals surface area contributed by atoms with Gasteiger partial charge in [-0.25, -0.2) is 13.2 Å². The van der Waals surface area contributed by atoms with Crippen LogP contribution in [0.1, 0.15) is 47.0 Å². The van der Waals surface area contributed by atoms with Crippen LogP contribution in [0, 0.1) is 24.5 Å². The second-order valence-electron chi connectivity index (χ2n) is 5.11. The Kier molecular flexibility index (Phi) is 9.06. The Morgan fingerprint density at radius 3 is 2.14 bits per heavy atom. The first kappa shape index (κ1) is 19.7. The molecule has 2 rings (SSSR count). The first-order valence-electron chi connectivity index (χ1n) is 6.72. The van der Waals surface area contributed by atoms with Gasteiger partial charge in [-0.3, -0.25) is 0 Å². The van der Waals surface area contributed by atoms with Crippen LogP contribution in [0.5, 0.6) is 5.75 Å². The van der Waals surface area contributed by atoms with E-state index in [0.717, 1.165) is 31.6 Å². The molecule has 1 aromatic rings. The van der Waals surface area contributed by atoms with E-state index in [0.29, 0.717) is 5.56 Å². The molecule has 1 nitrogen and oxygen atoms in total. The summed E-state index contributed by atoms with van der Waals surface area (Å²) in [7, 11) is 0. The average Bonchev–Trinajstić information content (AvgIpc) is 2.43. The molecule has 0 heterocycles. The van der Waals surface area contributed by atoms with Gasteiger partial charge in [-0.15, -0.1) is 0 Å².